The smallest absolute Gasteiger partial charge is 0.284 e. The van der Waals surface area contributed by atoms with Gasteiger partial charge in [-0.05, 0) is 54.4 Å². The molecule has 0 aliphatic carbocycles. The fourth-order valence-corrected chi connectivity index (χ4v) is 3.57. The van der Waals surface area contributed by atoms with Gasteiger partial charge in [0.15, 0.2) is 12.0 Å². The van der Waals surface area contributed by atoms with E-state index in [4.69, 9.17) is 0 Å². The normalized spacial score (nSPS) is 19.5. The second-order valence-corrected chi connectivity index (χ2v) is 6.85. The summed E-state index contributed by atoms with van der Waals surface area (Å²) in [7, 11) is 0. The maximum atomic E-state index is 14.7. The lowest BCUT2D eigenvalue weighted by atomic mass is 9.85. The number of halogens is 5. The summed E-state index contributed by atoms with van der Waals surface area (Å²) in [5.41, 5.74) is 1.60. The number of alkyl halides is 4. The summed E-state index contributed by atoms with van der Waals surface area (Å²) in [6.45, 7) is 0.424. The van der Waals surface area contributed by atoms with E-state index in [1.807, 2.05) is 0 Å². The lowest BCUT2D eigenvalue weighted by Crippen LogP contribution is -2.16. The number of nitrogens with zero attached hydrogens (tertiary/aromatic N) is 2. The van der Waals surface area contributed by atoms with Crippen molar-refractivity contribution in [1.29, 1.82) is 0 Å². The van der Waals surface area contributed by atoms with Crippen molar-refractivity contribution in [3.8, 4) is 11.3 Å². The largest absolute Gasteiger partial charge is 0.435 e. The van der Waals surface area contributed by atoms with Crippen LogP contribution in [0.1, 0.15) is 41.0 Å². The first-order valence-corrected chi connectivity index (χ1v) is 9.01. The highest BCUT2D eigenvalue weighted by molar-refractivity contribution is 5.62. The molecule has 0 bridgehead atoms. The molecule has 0 saturated carbocycles. The Labute approximate surface area is 163 Å². The van der Waals surface area contributed by atoms with Crippen molar-refractivity contribution in [3.05, 3.63) is 82.8 Å². The van der Waals surface area contributed by atoms with Crippen LogP contribution >= 0.6 is 0 Å². The van der Waals surface area contributed by atoms with Gasteiger partial charge in [0.05, 0.1) is 5.69 Å². The number of hydrogen-bond acceptors (Lipinski definition) is 3. The van der Waals surface area contributed by atoms with Crippen molar-refractivity contribution in [2.45, 2.75) is 24.8 Å². The molecule has 0 spiro atoms. The Hall–Kier alpha value is -2.87. The summed E-state index contributed by atoms with van der Waals surface area (Å²) in [5.74, 6) is -0.480. The van der Waals surface area contributed by atoms with Crippen LogP contribution in [0.15, 0.2) is 54.6 Å². The molecule has 150 valence electrons. The highest BCUT2D eigenvalue weighted by atomic mass is 19.4. The third kappa shape index (κ3) is 3.98. The van der Waals surface area contributed by atoms with Crippen molar-refractivity contribution in [2.75, 3.05) is 6.54 Å². The molecule has 0 amide bonds. The van der Waals surface area contributed by atoms with Crippen molar-refractivity contribution in [1.82, 2.24) is 15.5 Å². The van der Waals surface area contributed by atoms with Gasteiger partial charge in [0, 0.05) is 17.0 Å². The topological polar surface area (TPSA) is 37.8 Å². The first kappa shape index (κ1) is 19.4. The summed E-state index contributed by atoms with van der Waals surface area (Å²) in [5, 5.41) is 9.67. The van der Waals surface area contributed by atoms with Gasteiger partial charge in [-0.25, -0.2) is 8.78 Å². The SMILES string of the molecule is Fc1ccc(C2CCNC(F)c3cc(-c4ccc(C(F)(F)F)nn4)ccc32)cc1. The zero-order valence-corrected chi connectivity index (χ0v) is 15.0. The molecule has 1 aliphatic rings. The van der Waals surface area contributed by atoms with Gasteiger partial charge in [-0.2, -0.15) is 13.2 Å². The molecule has 1 N–H and O–H groups in total. The van der Waals surface area contributed by atoms with E-state index in [2.05, 4.69) is 15.5 Å². The van der Waals surface area contributed by atoms with Crippen LogP contribution in [0.5, 0.6) is 0 Å². The molecule has 8 heteroatoms. The molecule has 3 nitrogen and oxygen atoms in total. The molecule has 1 aliphatic heterocycles. The van der Waals surface area contributed by atoms with Crippen LogP contribution in [0.2, 0.25) is 0 Å². The monoisotopic (exact) mass is 405 g/mol. The standard InChI is InChI=1S/C21H16F5N3/c22-14-4-1-12(2-5-14)15-9-10-27-20(23)17-11-13(3-6-16(15)17)18-7-8-19(29-28-18)21(24,25)26/h1-8,11,15,20,27H,9-10H2. The van der Waals surface area contributed by atoms with Crippen LogP contribution in [0.25, 0.3) is 11.3 Å². The van der Waals surface area contributed by atoms with Gasteiger partial charge in [-0.1, -0.05) is 24.3 Å². The van der Waals surface area contributed by atoms with Crippen LogP contribution in [-0.4, -0.2) is 16.7 Å². The summed E-state index contributed by atoms with van der Waals surface area (Å²) in [6, 6.07) is 13.2. The van der Waals surface area contributed by atoms with Gasteiger partial charge in [0.2, 0.25) is 0 Å². The first-order valence-electron chi connectivity index (χ1n) is 9.01. The van der Waals surface area contributed by atoms with E-state index in [-0.39, 0.29) is 17.4 Å². The number of fused-ring (bicyclic) bond motifs is 1. The molecule has 2 heterocycles. The Morgan fingerprint density at radius 2 is 1.66 bits per heavy atom. The Balaban J connectivity index is 1.73. The van der Waals surface area contributed by atoms with E-state index in [0.29, 0.717) is 24.1 Å². The summed E-state index contributed by atoms with van der Waals surface area (Å²) in [4.78, 5) is 0. The van der Waals surface area contributed by atoms with Gasteiger partial charge in [-0.15, -0.1) is 10.2 Å². The lowest BCUT2D eigenvalue weighted by Gasteiger charge is -2.19. The van der Waals surface area contributed by atoms with E-state index >= 15 is 0 Å². The van der Waals surface area contributed by atoms with Crippen molar-refractivity contribution in [3.63, 3.8) is 0 Å². The molecule has 4 rings (SSSR count). The minimum Gasteiger partial charge on any atom is -0.284 e. The Morgan fingerprint density at radius 1 is 0.897 bits per heavy atom. The predicted molar refractivity (Wildman–Crippen MR) is 97.2 cm³/mol. The zero-order chi connectivity index (χ0) is 20.6. The number of nitrogens with one attached hydrogen (secondary N) is 1. The summed E-state index contributed by atoms with van der Waals surface area (Å²) >= 11 is 0. The average molecular weight is 405 g/mol. The maximum absolute atomic E-state index is 14.7. The number of hydrogen-bond donors (Lipinski definition) is 1. The molecule has 29 heavy (non-hydrogen) atoms. The molecule has 2 unspecified atom stereocenters. The molecular formula is C21H16F5N3. The molecule has 0 fully saturated rings. The second kappa shape index (κ2) is 7.51. The highest BCUT2D eigenvalue weighted by Crippen LogP contribution is 2.38. The number of benzene rings is 2. The lowest BCUT2D eigenvalue weighted by molar-refractivity contribution is -0.141. The van der Waals surface area contributed by atoms with E-state index in [0.717, 1.165) is 17.2 Å². The van der Waals surface area contributed by atoms with Crippen LogP contribution in [0.4, 0.5) is 22.0 Å². The fraction of sp³-hybridized carbons (Fsp3) is 0.238. The Morgan fingerprint density at radius 3 is 2.31 bits per heavy atom. The van der Waals surface area contributed by atoms with Crippen LogP contribution in [-0.2, 0) is 6.18 Å². The predicted octanol–water partition coefficient (Wildman–Crippen LogP) is 5.39. The quantitative estimate of drug-likeness (QED) is 0.459. The third-order valence-corrected chi connectivity index (χ3v) is 5.01. The van der Waals surface area contributed by atoms with Gasteiger partial charge in [-0.3, -0.25) is 5.32 Å². The molecule has 1 aromatic heterocycles. The molecule has 3 aromatic rings. The van der Waals surface area contributed by atoms with E-state index in [1.54, 1.807) is 30.3 Å². The van der Waals surface area contributed by atoms with Gasteiger partial charge in [0.25, 0.3) is 0 Å². The van der Waals surface area contributed by atoms with Crippen molar-refractivity contribution < 1.29 is 22.0 Å². The third-order valence-electron chi connectivity index (χ3n) is 5.01. The molecule has 0 saturated heterocycles. The molecular weight excluding hydrogens is 389 g/mol. The summed E-state index contributed by atoms with van der Waals surface area (Å²) in [6.07, 6.45) is -5.38. The van der Waals surface area contributed by atoms with Gasteiger partial charge >= 0.3 is 6.18 Å². The minimum atomic E-state index is -4.57. The molecule has 2 aromatic carbocycles. The van der Waals surface area contributed by atoms with Crippen molar-refractivity contribution in [2.24, 2.45) is 0 Å². The van der Waals surface area contributed by atoms with Gasteiger partial charge in [0.1, 0.15) is 5.82 Å². The average Bonchev–Trinajstić information content (AvgIpc) is 2.87. The fourth-order valence-electron chi connectivity index (χ4n) is 3.57. The first-order chi connectivity index (χ1) is 13.8. The van der Waals surface area contributed by atoms with Gasteiger partial charge < -0.3 is 0 Å². The van der Waals surface area contributed by atoms with E-state index in [1.165, 1.54) is 18.2 Å². The number of rotatable bonds is 2. The maximum Gasteiger partial charge on any atom is 0.435 e. The number of aromatic nitrogens is 2. The molecule has 0 radical (unpaired) electrons. The van der Waals surface area contributed by atoms with Crippen molar-refractivity contribution >= 4 is 0 Å². The summed E-state index contributed by atoms with van der Waals surface area (Å²) < 4.78 is 66.1. The minimum absolute atomic E-state index is 0.133. The van der Waals surface area contributed by atoms with E-state index in [9.17, 15) is 22.0 Å². The Bertz CT molecular complexity index is 1000. The van der Waals surface area contributed by atoms with Crippen LogP contribution in [0, 0.1) is 5.82 Å². The zero-order valence-electron chi connectivity index (χ0n) is 15.0. The highest BCUT2D eigenvalue weighted by Gasteiger charge is 2.33. The Kier molecular flexibility index (Phi) is 5.04. The molecule has 2 atom stereocenters. The second-order valence-electron chi connectivity index (χ2n) is 6.85. The van der Waals surface area contributed by atoms with Crippen LogP contribution in [0.3, 0.4) is 0 Å². The van der Waals surface area contributed by atoms with E-state index < -0.39 is 18.2 Å². The van der Waals surface area contributed by atoms with Crippen LogP contribution < -0.4 is 5.32 Å².